The molecular weight excluding hydrogens is 346 g/mol. The molecule has 3 aromatic carbocycles. The van der Waals surface area contributed by atoms with Crippen LogP contribution in [0.3, 0.4) is 0 Å². The fraction of sp³-hybridized carbons (Fsp3) is 0.0952. The quantitative estimate of drug-likeness (QED) is 0.482. The van der Waals surface area contributed by atoms with Crippen molar-refractivity contribution < 1.29 is 12.7 Å². The highest BCUT2D eigenvalue weighted by Gasteiger charge is 2.16. The standard InChI is InChI=1S/C21H19NO3S/c1-17-12-14-20(15-13-17)26(23,24)25-22-21(19-10-6-3-7-11-19)16-18-8-4-2-5-9-18/h2-15H,16H2,1H3/b22-21-. The van der Waals surface area contributed by atoms with Crippen LogP contribution in [0.2, 0.25) is 0 Å². The molecule has 3 rings (SSSR count). The van der Waals surface area contributed by atoms with Crippen LogP contribution in [0.5, 0.6) is 0 Å². The van der Waals surface area contributed by atoms with Crippen molar-refractivity contribution in [1.29, 1.82) is 0 Å². The van der Waals surface area contributed by atoms with Crippen LogP contribution < -0.4 is 0 Å². The lowest BCUT2D eigenvalue weighted by Crippen LogP contribution is -2.09. The van der Waals surface area contributed by atoms with Crippen molar-refractivity contribution in [2.45, 2.75) is 18.2 Å². The average molecular weight is 365 g/mol. The molecule has 0 N–H and O–H groups in total. The summed E-state index contributed by atoms with van der Waals surface area (Å²) in [5, 5.41) is 3.99. The van der Waals surface area contributed by atoms with Crippen molar-refractivity contribution in [3.63, 3.8) is 0 Å². The van der Waals surface area contributed by atoms with Crippen LogP contribution in [0, 0.1) is 6.92 Å². The van der Waals surface area contributed by atoms with Gasteiger partial charge in [-0.3, -0.25) is 4.28 Å². The number of aryl methyl sites for hydroxylation is 1. The predicted molar refractivity (Wildman–Crippen MR) is 103 cm³/mol. The van der Waals surface area contributed by atoms with Crippen molar-refractivity contribution in [2.75, 3.05) is 0 Å². The lowest BCUT2D eigenvalue weighted by atomic mass is 10.0. The third kappa shape index (κ3) is 4.58. The lowest BCUT2D eigenvalue weighted by molar-refractivity contribution is 0.338. The van der Waals surface area contributed by atoms with Crippen molar-refractivity contribution in [1.82, 2.24) is 0 Å². The first-order valence-electron chi connectivity index (χ1n) is 8.21. The second-order valence-corrected chi connectivity index (χ2v) is 7.44. The number of rotatable bonds is 6. The molecule has 4 nitrogen and oxygen atoms in total. The summed E-state index contributed by atoms with van der Waals surface area (Å²) in [5.74, 6) is 0. The molecule has 0 heterocycles. The van der Waals surface area contributed by atoms with E-state index in [0.29, 0.717) is 12.1 Å². The van der Waals surface area contributed by atoms with Gasteiger partial charge in [-0.1, -0.05) is 83.5 Å². The molecule has 0 aliphatic rings. The SMILES string of the molecule is Cc1ccc(S(=O)(=O)O/N=C(/Cc2ccccc2)c2ccccc2)cc1. The molecule has 0 radical (unpaired) electrons. The maximum atomic E-state index is 12.4. The molecule has 3 aromatic rings. The Morgan fingerprint density at radius 3 is 2.04 bits per heavy atom. The van der Waals surface area contributed by atoms with Gasteiger partial charge >= 0.3 is 10.1 Å². The highest BCUT2D eigenvalue weighted by atomic mass is 32.2. The Hall–Kier alpha value is -2.92. The molecule has 0 aliphatic carbocycles. The lowest BCUT2D eigenvalue weighted by Gasteiger charge is -2.08. The minimum atomic E-state index is -3.96. The molecule has 26 heavy (non-hydrogen) atoms. The molecule has 0 amide bonds. The van der Waals surface area contributed by atoms with Crippen LogP contribution in [0.4, 0.5) is 0 Å². The first-order chi connectivity index (χ1) is 12.5. The van der Waals surface area contributed by atoms with E-state index >= 15 is 0 Å². The topological polar surface area (TPSA) is 55.7 Å². The molecule has 5 heteroatoms. The van der Waals surface area contributed by atoms with E-state index in [1.54, 1.807) is 12.1 Å². The molecule has 0 saturated carbocycles. The van der Waals surface area contributed by atoms with Crippen LogP contribution in [-0.2, 0) is 20.8 Å². The summed E-state index contributed by atoms with van der Waals surface area (Å²) in [5.41, 5.74) is 3.36. The minimum Gasteiger partial charge on any atom is -0.264 e. The van der Waals surface area contributed by atoms with E-state index < -0.39 is 10.1 Å². The molecule has 0 spiro atoms. The fourth-order valence-electron chi connectivity index (χ4n) is 2.45. The highest BCUT2D eigenvalue weighted by molar-refractivity contribution is 7.86. The Balaban J connectivity index is 1.90. The van der Waals surface area contributed by atoms with Crippen LogP contribution in [0.1, 0.15) is 16.7 Å². The van der Waals surface area contributed by atoms with Crippen molar-refractivity contribution in [3.05, 3.63) is 102 Å². The summed E-state index contributed by atoms with van der Waals surface area (Å²) < 4.78 is 29.8. The van der Waals surface area contributed by atoms with Crippen molar-refractivity contribution in [2.24, 2.45) is 5.16 Å². The third-order valence-corrected chi connectivity index (χ3v) is 5.00. The van der Waals surface area contributed by atoms with E-state index in [2.05, 4.69) is 5.16 Å². The summed E-state index contributed by atoms with van der Waals surface area (Å²) in [4.78, 5) is 0.0824. The van der Waals surface area contributed by atoms with Gasteiger partial charge in [-0.15, -0.1) is 0 Å². The Bertz CT molecular complexity index is 980. The van der Waals surface area contributed by atoms with E-state index in [1.807, 2.05) is 67.6 Å². The fourth-order valence-corrected chi connectivity index (χ4v) is 3.19. The maximum absolute atomic E-state index is 12.4. The van der Waals surface area contributed by atoms with Gasteiger partial charge in [0.2, 0.25) is 0 Å². The van der Waals surface area contributed by atoms with E-state index in [9.17, 15) is 8.42 Å². The smallest absolute Gasteiger partial charge is 0.264 e. The monoisotopic (exact) mass is 365 g/mol. The Kier molecular flexibility index (Phi) is 5.49. The number of nitrogens with zero attached hydrogens (tertiary/aromatic N) is 1. The normalized spacial score (nSPS) is 12.0. The second kappa shape index (κ2) is 7.97. The number of oxime groups is 1. The second-order valence-electron chi connectivity index (χ2n) is 5.91. The first-order valence-corrected chi connectivity index (χ1v) is 9.62. The van der Waals surface area contributed by atoms with Gasteiger partial charge in [0.1, 0.15) is 4.90 Å². The zero-order valence-electron chi connectivity index (χ0n) is 14.4. The molecule has 0 bridgehead atoms. The summed E-state index contributed by atoms with van der Waals surface area (Å²) in [6, 6.07) is 25.6. The maximum Gasteiger partial charge on any atom is 0.358 e. The van der Waals surface area contributed by atoms with Gasteiger partial charge in [0.25, 0.3) is 0 Å². The summed E-state index contributed by atoms with van der Waals surface area (Å²) >= 11 is 0. The summed E-state index contributed by atoms with van der Waals surface area (Å²) in [7, 11) is -3.96. The van der Waals surface area contributed by atoms with Crippen molar-refractivity contribution >= 4 is 15.8 Å². The van der Waals surface area contributed by atoms with Crippen LogP contribution in [-0.4, -0.2) is 14.1 Å². The largest absolute Gasteiger partial charge is 0.358 e. The number of hydrogen-bond donors (Lipinski definition) is 0. The zero-order valence-corrected chi connectivity index (χ0v) is 15.2. The molecule has 0 aromatic heterocycles. The van der Waals surface area contributed by atoms with E-state index in [-0.39, 0.29) is 4.90 Å². The van der Waals surface area contributed by atoms with E-state index in [4.69, 9.17) is 4.28 Å². The highest BCUT2D eigenvalue weighted by Crippen LogP contribution is 2.15. The van der Waals surface area contributed by atoms with Crippen LogP contribution >= 0.6 is 0 Å². The van der Waals surface area contributed by atoms with Gasteiger partial charge in [-0.05, 0) is 30.2 Å². The van der Waals surface area contributed by atoms with Gasteiger partial charge in [-0.2, -0.15) is 8.42 Å². The Morgan fingerprint density at radius 2 is 1.42 bits per heavy atom. The number of benzene rings is 3. The molecule has 0 fully saturated rings. The Labute approximate surface area is 153 Å². The molecule has 0 saturated heterocycles. The van der Waals surface area contributed by atoms with Gasteiger partial charge in [0.05, 0.1) is 5.71 Å². The Morgan fingerprint density at radius 1 is 0.846 bits per heavy atom. The van der Waals surface area contributed by atoms with E-state index in [0.717, 1.165) is 16.7 Å². The van der Waals surface area contributed by atoms with Crippen LogP contribution in [0.25, 0.3) is 0 Å². The number of hydrogen-bond acceptors (Lipinski definition) is 4. The average Bonchev–Trinajstić information content (AvgIpc) is 2.67. The first kappa shape index (κ1) is 17.9. The minimum absolute atomic E-state index is 0.0824. The van der Waals surface area contributed by atoms with Crippen LogP contribution in [0.15, 0.2) is 95.0 Å². The van der Waals surface area contributed by atoms with Crippen molar-refractivity contribution in [3.8, 4) is 0 Å². The van der Waals surface area contributed by atoms with Gasteiger partial charge < -0.3 is 0 Å². The molecule has 0 unspecified atom stereocenters. The summed E-state index contributed by atoms with van der Waals surface area (Å²) in [6.07, 6.45) is 0.467. The molecule has 0 atom stereocenters. The van der Waals surface area contributed by atoms with Gasteiger partial charge in [0.15, 0.2) is 0 Å². The third-order valence-electron chi connectivity index (χ3n) is 3.88. The zero-order chi connectivity index (χ0) is 18.4. The molecular formula is C21H19NO3S. The molecule has 132 valence electrons. The van der Waals surface area contributed by atoms with E-state index in [1.165, 1.54) is 12.1 Å². The van der Waals surface area contributed by atoms with Gasteiger partial charge in [-0.25, -0.2) is 0 Å². The summed E-state index contributed by atoms with van der Waals surface area (Å²) in [6.45, 7) is 1.89. The van der Waals surface area contributed by atoms with Gasteiger partial charge in [0, 0.05) is 6.42 Å². The molecule has 0 aliphatic heterocycles. The predicted octanol–water partition coefficient (Wildman–Crippen LogP) is 4.35.